The summed E-state index contributed by atoms with van der Waals surface area (Å²) in [5.41, 5.74) is 3.29. The average molecular weight is 299 g/mol. The maximum absolute atomic E-state index is 4.49. The molecule has 0 atom stereocenters. The number of nitrogens with zero attached hydrogens (tertiary/aromatic N) is 2. The van der Waals surface area contributed by atoms with Crippen LogP contribution in [0.15, 0.2) is 71.3 Å². The van der Waals surface area contributed by atoms with E-state index >= 15 is 0 Å². The third kappa shape index (κ3) is 2.09. The summed E-state index contributed by atoms with van der Waals surface area (Å²) in [5, 5.41) is 4.49. The molecule has 0 amide bonds. The van der Waals surface area contributed by atoms with Gasteiger partial charge in [-0.1, -0.05) is 48.5 Å². The van der Waals surface area contributed by atoms with Crippen molar-refractivity contribution in [1.29, 1.82) is 0 Å². The molecule has 2 aromatic carbocycles. The third-order valence-electron chi connectivity index (χ3n) is 2.75. The number of benzene rings is 2. The standard InChI is InChI=1S/C15H11BrN2/c16-15-11-14(12-7-3-1-4-8-12)18(17-15)13-9-5-2-6-10-13/h1-11H. The molecule has 0 aliphatic heterocycles. The molecule has 1 heterocycles. The first kappa shape index (κ1) is 11.2. The van der Waals surface area contributed by atoms with Crippen molar-refractivity contribution in [3.05, 3.63) is 71.3 Å². The third-order valence-corrected chi connectivity index (χ3v) is 3.14. The van der Waals surface area contributed by atoms with Gasteiger partial charge in [0.05, 0.1) is 11.4 Å². The Bertz CT molecular complexity index is 588. The Morgan fingerprint density at radius 1 is 0.833 bits per heavy atom. The molecule has 0 spiro atoms. The van der Waals surface area contributed by atoms with Crippen LogP contribution in [0.1, 0.15) is 0 Å². The van der Waals surface area contributed by atoms with Crippen molar-refractivity contribution >= 4 is 15.9 Å². The maximum atomic E-state index is 4.49. The Hall–Kier alpha value is -1.87. The Kier molecular flexibility index (Phi) is 2.99. The van der Waals surface area contributed by atoms with Crippen molar-refractivity contribution in [2.24, 2.45) is 0 Å². The van der Waals surface area contributed by atoms with E-state index < -0.39 is 0 Å². The molecule has 0 saturated carbocycles. The molecule has 0 aliphatic rings. The highest BCUT2D eigenvalue weighted by Crippen LogP contribution is 2.25. The molecule has 88 valence electrons. The smallest absolute Gasteiger partial charge is 0.129 e. The fourth-order valence-corrected chi connectivity index (χ4v) is 2.31. The largest absolute Gasteiger partial charge is 0.232 e. The number of rotatable bonds is 2. The van der Waals surface area contributed by atoms with Crippen molar-refractivity contribution in [3.63, 3.8) is 0 Å². The van der Waals surface area contributed by atoms with Crippen LogP contribution in [-0.4, -0.2) is 9.78 Å². The van der Waals surface area contributed by atoms with Gasteiger partial charge in [-0.25, -0.2) is 4.68 Å². The van der Waals surface area contributed by atoms with Gasteiger partial charge in [0.2, 0.25) is 0 Å². The highest BCUT2D eigenvalue weighted by Gasteiger charge is 2.09. The molecule has 3 aromatic rings. The van der Waals surface area contributed by atoms with E-state index in [9.17, 15) is 0 Å². The second-order valence-electron chi connectivity index (χ2n) is 3.97. The van der Waals surface area contributed by atoms with E-state index in [2.05, 4.69) is 33.2 Å². The molecule has 0 aliphatic carbocycles. The van der Waals surface area contributed by atoms with Crippen molar-refractivity contribution in [3.8, 4) is 16.9 Å². The van der Waals surface area contributed by atoms with Crippen LogP contribution in [0.3, 0.4) is 0 Å². The Labute approximate surface area is 114 Å². The molecule has 0 fully saturated rings. The summed E-state index contributed by atoms with van der Waals surface area (Å²) in [6.45, 7) is 0. The van der Waals surface area contributed by atoms with Crippen molar-refractivity contribution in [2.75, 3.05) is 0 Å². The first-order valence-corrected chi connectivity index (χ1v) is 6.50. The van der Waals surface area contributed by atoms with E-state index in [1.54, 1.807) is 0 Å². The minimum absolute atomic E-state index is 0.838. The van der Waals surface area contributed by atoms with Crippen LogP contribution in [0.4, 0.5) is 0 Å². The summed E-state index contributed by atoms with van der Waals surface area (Å²) < 4.78 is 2.78. The van der Waals surface area contributed by atoms with E-state index in [-0.39, 0.29) is 0 Å². The van der Waals surface area contributed by atoms with E-state index in [0.717, 1.165) is 21.5 Å². The van der Waals surface area contributed by atoms with Gasteiger partial charge in [-0.15, -0.1) is 0 Å². The normalized spacial score (nSPS) is 10.5. The molecular weight excluding hydrogens is 288 g/mol. The Morgan fingerprint density at radius 3 is 2.11 bits per heavy atom. The van der Waals surface area contributed by atoms with E-state index in [1.165, 1.54) is 0 Å². The van der Waals surface area contributed by atoms with Gasteiger partial charge in [-0.2, -0.15) is 5.10 Å². The topological polar surface area (TPSA) is 17.8 Å². The minimum Gasteiger partial charge on any atom is -0.232 e. The van der Waals surface area contributed by atoms with Gasteiger partial charge < -0.3 is 0 Å². The molecule has 3 rings (SSSR count). The molecule has 0 radical (unpaired) electrons. The predicted octanol–water partition coefficient (Wildman–Crippen LogP) is 4.30. The summed E-state index contributed by atoms with van der Waals surface area (Å²) in [5.74, 6) is 0. The summed E-state index contributed by atoms with van der Waals surface area (Å²) in [6, 6.07) is 22.4. The lowest BCUT2D eigenvalue weighted by atomic mass is 10.1. The van der Waals surface area contributed by atoms with Gasteiger partial charge in [-0.05, 0) is 34.1 Å². The maximum Gasteiger partial charge on any atom is 0.129 e. The van der Waals surface area contributed by atoms with E-state index in [1.807, 2.05) is 59.3 Å². The van der Waals surface area contributed by atoms with Crippen LogP contribution < -0.4 is 0 Å². The fourth-order valence-electron chi connectivity index (χ4n) is 1.93. The van der Waals surface area contributed by atoms with Crippen LogP contribution in [0.2, 0.25) is 0 Å². The van der Waals surface area contributed by atoms with Gasteiger partial charge in [-0.3, -0.25) is 0 Å². The fraction of sp³-hybridized carbons (Fsp3) is 0. The summed E-state index contributed by atoms with van der Waals surface area (Å²) in [4.78, 5) is 0. The first-order chi connectivity index (χ1) is 8.84. The quantitative estimate of drug-likeness (QED) is 0.690. The molecule has 2 nitrogen and oxygen atoms in total. The number of hydrogen-bond donors (Lipinski definition) is 0. The summed E-state index contributed by atoms with van der Waals surface area (Å²) in [6.07, 6.45) is 0. The molecular formula is C15H11BrN2. The lowest BCUT2D eigenvalue weighted by Crippen LogP contribution is -1.98. The lowest BCUT2D eigenvalue weighted by molar-refractivity contribution is 0.877. The number of para-hydroxylation sites is 1. The zero-order chi connectivity index (χ0) is 12.4. The number of aromatic nitrogens is 2. The van der Waals surface area contributed by atoms with Crippen LogP contribution in [0.25, 0.3) is 16.9 Å². The first-order valence-electron chi connectivity index (χ1n) is 5.71. The second-order valence-corrected chi connectivity index (χ2v) is 4.78. The van der Waals surface area contributed by atoms with E-state index in [4.69, 9.17) is 0 Å². The minimum atomic E-state index is 0.838. The molecule has 0 bridgehead atoms. The zero-order valence-corrected chi connectivity index (χ0v) is 11.2. The monoisotopic (exact) mass is 298 g/mol. The highest BCUT2D eigenvalue weighted by atomic mass is 79.9. The summed E-state index contributed by atoms with van der Waals surface area (Å²) in [7, 11) is 0. The van der Waals surface area contributed by atoms with Gasteiger partial charge in [0.25, 0.3) is 0 Å². The lowest BCUT2D eigenvalue weighted by Gasteiger charge is -2.06. The predicted molar refractivity (Wildman–Crippen MR) is 76.7 cm³/mol. The molecule has 3 heteroatoms. The molecule has 0 saturated heterocycles. The van der Waals surface area contributed by atoms with Crippen LogP contribution in [0, 0.1) is 0 Å². The number of halogens is 1. The summed E-state index contributed by atoms with van der Waals surface area (Å²) >= 11 is 3.45. The van der Waals surface area contributed by atoms with E-state index in [0.29, 0.717) is 0 Å². The van der Waals surface area contributed by atoms with Gasteiger partial charge >= 0.3 is 0 Å². The second kappa shape index (κ2) is 4.78. The van der Waals surface area contributed by atoms with Crippen LogP contribution >= 0.6 is 15.9 Å². The van der Waals surface area contributed by atoms with Crippen molar-refractivity contribution < 1.29 is 0 Å². The van der Waals surface area contributed by atoms with Gasteiger partial charge in [0.1, 0.15) is 4.60 Å². The van der Waals surface area contributed by atoms with Gasteiger partial charge in [0.15, 0.2) is 0 Å². The number of hydrogen-bond acceptors (Lipinski definition) is 1. The van der Waals surface area contributed by atoms with Crippen LogP contribution in [0.5, 0.6) is 0 Å². The highest BCUT2D eigenvalue weighted by molar-refractivity contribution is 9.10. The Morgan fingerprint density at radius 2 is 1.44 bits per heavy atom. The van der Waals surface area contributed by atoms with Crippen molar-refractivity contribution in [1.82, 2.24) is 9.78 Å². The SMILES string of the molecule is Brc1cc(-c2ccccc2)n(-c2ccccc2)n1. The Balaban J connectivity index is 2.17. The average Bonchev–Trinajstić information content (AvgIpc) is 2.83. The van der Waals surface area contributed by atoms with Crippen molar-refractivity contribution in [2.45, 2.75) is 0 Å². The van der Waals surface area contributed by atoms with Crippen LogP contribution in [-0.2, 0) is 0 Å². The molecule has 0 unspecified atom stereocenters. The van der Waals surface area contributed by atoms with Gasteiger partial charge in [0, 0.05) is 5.56 Å². The molecule has 1 aromatic heterocycles. The molecule has 0 N–H and O–H groups in total. The molecule has 18 heavy (non-hydrogen) atoms. The zero-order valence-electron chi connectivity index (χ0n) is 9.62.